The Morgan fingerprint density at radius 2 is 2.21 bits per heavy atom. The molecule has 0 bridgehead atoms. The molecular weight excluding hydrogens is 180 g/mol. The van der Waals surface area contributed by atoms with Gasteiger partial charge in [0.05, 0.1) is 6.61 Å². The van der Waals surface area contributed by atoms with E-state index in [-0.39, 0.29) is 24.1 Å². The van der Waals surface area contributed by atoms with Crippen molar-refractivity contribution >= 4 is 5.91 Å². The Bertz CT molecular complexity index is 197. The summed E-state index contributed by atoms with van der Waals surface area (Å²) in [5.74, 6) is 0.0393. The van der Waals surface area contributed by atoms with E-state index >= 15 is 0 Å². The van der Waals surface area contributed by atoms with E-state index in [1.807, 2.05) is 6.92 Å². The first kappa shape index (κ1) is 11.5. The summed E-state index contributed by atoms with van der Waals surface area (Å²) in [5.41, 5.74) is -0.104. The number of carbonyl (C=O) groups is 1. The van der Waals surface area contributed by atoms with Crippen molar-refractivity contribution in [1.82, 2.24) is 10.6 Å². The predicted octanol–water partition coefficient (Wildman–Crippen LogP) is 0.0156. The molecule has 1 saturated carbocycles. The molecule has 0 aliphatic heterocycles. The highest BCUT2D eigenvalue weighted by molar-refractivity contribution is 5.76. The maximum Gasteiger partial charge on any atom is 0.221 e. The molecule has 1 unspecified atom stereocenters. The van der Waals surface area contributed by atoms with Crippen molar-refractivity contribution in [2.24, 2.45) is 0 Å². The largest absolute Gasteiger partial charge is 0.394 e. The zero-order chi connectivity index (χ0) is 10.6. The number of amides is 1. The maximum absolute atomic E-state index is 11.1. The van der Waals surface area contributed by atoms with E-state index in [1.165, 1.54) is 6.42 Å². The van der Waals surface area contributed by atoms with Gasteiger partial charge in [-0.15, -0.1) is 0 Å². The summed E-state index contributed by atoms with van der Waals surface area (Å²) in [4.78, 5) is 11.1. The van der Waals surface area contributed by atoms with Gasteiger partial charge >= 0.3 is 0 Å². The zero-order valence-corrected chi connectivity index (χ0v) is 8.97. The van der Waals surface area contributed by atoms with Gasteiger partial charge in [-0.1, -0.05) is 0 Å². The topological polar surface area (TPSA) is 61.4 Å². The first-order valence-corrected chi connectivity index (χ1v) is 5.21. The lowest BCUT2D eigenvalue weighted by Crippen LogP contribution is -2.57. The van der Waals surface area contributed by atoms with E-state index in [1.54, 1.807) is 7.05 Å². The third-order valence-corrected chi connectivity index (χ3v) is 2.94. The number of carbonyl (C=O) groups excluding carboxylic acids is 1. The van der Waals surface area contributed by atoms with Gasteiger partial charge < -0.3 is 15.7 Å². The number of nitrogens with one attached hydrogen (secondary N) is 2. The van der Waals surface area contributed by atoms with Crippen LogP contribution in [0.3, 0.4) is 0 Å². The summed E-state index contributed by atoms with van der Waals surface area (Å²) < 4.78 is 0. The second-order valence-corrected chi connectivity index (χ2v) is 4.21. The van der Waals surface area contributed by atoms with Crippen LogP contribution < -0.4 is 10.6 Å². The minimum atomic E-state index is -0.104. The molecule has 1 aliphatic rings. The molecule has 0 saturated heterocycles. The van der Waals surface area contributed by atoms with Crippen LogP contribution in [0.25, 0.3) is 0 Å². The summed E-state index contributed by atoms with van der Waals surface area (Å²) in [5, 5.41) is 15.1. The lowest BCUT2D eigenvalue weighted by molar-refractivity contribution is -0.121. The average molecular weight is 200 g/mol. The lowest BCUT2D eigenvalue weighted by atomic mass is 9.77. The Kier molecular flexibility index (Phi) is 3.89. The van der Waals surface area contributed by atoms with Crippen LogP contribution in [0.1, 0.15) is 32.6 Å². The molecule has 1 atom stereocenters. The van der Waals surface area contributed by atoms with Crippen LogP contribution in [0.2, 0.25) is 0 Å². The molecular formula is C10H20N2O2. The molecule has 1 aliphatic carbocycles. The molecule has 0 heterocycles. The van der Waals surface area contributed by atoms with Crippen LogP contribution in [0.5, 0.6) is 0 Å². The first-order valence-electron chi connectivity index (χ1n) is 5.21. The van der Waals surface area contributed by atoms with Crippen LogP contribution in [0, 0.1) is 0 Å². The van der Waals surface area contributed by atoms with Gasteiger partial charge in [-0.25, -0.2) is 0 Å². The molecule has 3 N–H and O–H groups in total. The molecule has 4 nitrogen and oxygen atoms in total. The number of rotatable bonds is 5. The Hall–Kier alpha value is -0.610. The molecule has 82 valence electrons. The Morgan fingerprint density at radius 3 is 2.57 bits per heavy atom. The second kappa shape index (κ2) is 4.75. The van der Waals surface area contributed by atoms with Gasteiger partial charge in [-0.2, -0.15) is 0 Å². The number of aliphatic hydroxyl groups is 1. The van der Waals surface area contributed by atoms with Crippen LogP contribution in [0.15, 0.2) is 0 Å². The summed E-state index contributed by atoms with van der Waals surface area (Å²) >= 11 is 0. The van der Waals surface area contributed by atoms with E-state index in [4.69, 9.17) is 0 Å². The smallest absolute Gasteiger partial charge is 0.221 e. The fourth-order valence-electron chi connectivity index (χ4n) is 1.91. The van der Waals surface area contributed by atoms with Gasteiger partial charge in [-0.3, -0.25) is 4.79 Å². The molecule has 14 heavy (non-hydrogen) atoms. The standard InChI is InChI=1S/C10H20N2O2/c1-8(6-9(14)11-2)12-10(7-13)4-3-5-10/h8,12-13H,3-7H2,1-2H3,(H,11,14). The van der Waals surface area contributed by atoms with E-state index < -0.39 is 0 Å². The minimum absolute atomic E-state index is 0.0393. The second-order valence-electron chi connectivity index (χ2n) is 4.21. The van der Waals surface area contributed by atoms with Gasteiger partial charge in [0, 0.05) is 25.0 Å². The Balaban J connectivity index is 2.31. The number of hydrogen-bond donors (Lipinski definition) is 3. The van der Waals surface area contributed by atoms with E-state index in [2.05, 4.69) is 10.6 Å². The minimum Gasteiger partial charge on any atom is -0.394 e. The van der Waals surface area contributed by atoms with Gasteiger partial charge in [0.25, 0.3) is 0 Å². The molecule has 0 spiro atoms. The van der Waals surface area contributed by atoms with Crippen molar-refractivity contribution in [3.8, 4) is 0 Å². The average Bonchev–Trinajstić information content (AvgIpc) is 2.11. The number of hydrogen-bond acceptors (Lipinski definition) is 3. The normalized spacial score (nSPS) is 21.1. The molecule has 1 fully saturated rings. The highest BCUT2D eigenvalue weighted by Crippen LogP contribution is 2.31. The van der Waals surface area contributed by atoms with Gasteiger partial charge in [0.15, 0.2) is 0 Å². The maximum atomic E-state index is 11.1. The van der Waals surface area contributed by atoms with Crippen LogP contribution in [-0.4, -0.2) is 36.2 Å². The SMILES string of the molecule is CNC(=O)CC(C)NC1(CO)CCC1. The van der Waals surface area contributed by atoms with E-state index in [9.17, 15) is 9.90 Å². The van der Waals surface area contributed by atoms with Crippen molar-refractivity contribution in [1.29, 1.82) is 0 Å². The predicted molar refractivity (Wildman–Crippen MR) is 54.9 cm³/mol. The van der Waals surface area contributed by atoms with Gasteiger partial charge in [0.1, 0.15) is 0 Å². The monoisotopic (exact) mass is 200 g/mol. The Morgan fingerprint density at radius 1 is 1.57 bits per heavy atom. The molecule has 0 aromatic rings. The van der Waals surface area contributed by atoms with Crippen LogP contribution in [0.4, 0.5) is 0 Å². The number of aliphatic hydroxyl groups excluding tert-OH is 1. The van der Waals surface area contributed by atoms with Crippen LogP contribution >= 0.6 is 0 Å². The third kappa shape index (κ3) is 2.69. The molecule has 1 amide bonds. The summed E-state index contributed by atoms with van der Waals surface area (Å²) in [7, 11) is 1.64. The molecule has 0 aromatic carbocycles. The molecule has 0 aromatic heterocycles. The summed E-state index contributed by atoms with van der Waals surface area (Å²) in [6.07, 6.45) is 3.67. The fraction of sp³-hybridized carbons (Fsp3) is 0.900. The highest BCUT2D eigenvalue weighted by Gasteiger charge is 2.37. The van der Waals surface area contributed by atoms with Gasteiger partial charge in [-0.05, 0) is 26.2 Å². The van der Waals surface area contributed by atoms with Crippen molar-refractivity contribution in [2.45, 2.75) is 44.2 Å². The van der Waals surface area contributed by atoms with Crippen molar-refractivity contribution < 1.29 is 9.90 Å². The van der Waals surface area contributed by atoms with Gasteiger partial charge in [0.2, 0.25) is 5.91 Å². The summed E-state index contributed by atoms with van der Waals surface area (Å²) in [6.45, 7) is 2.15. The summed E-state index contributed by atoms with van der Waals surface area (Å²) in [6, 6.07) is 0.127. The molecule has 1 rings (SSSR count). The molecule has 0 radical (unpaired) electrons. The molecule has 4 heteroatoms. The Labute approximate surface area is 85.1 Å². The van der Waals surface area contributed by atoms with Crippen molar-refractivity contribution in [3.63, 3.8) is 0 Å². The van der Waals surface area contributed by atoms with E-state index in [0.29, 0.717) is 6.42 Å². The quantitative estimate of drug-likeness (QED) is 0.586. The third-order valence-electron chi connectivity index (χ3n) is 2.94. The van der Waals surface area contributed by atoms with E-state index in [0.717, 1.165) is 12.8 Å². The first-order chi connectivity index (χ1) is 6.62. The lowest BCUT2D eigenvalue weighted by Gasteiger charge is -2.43. The zero-order valence-electron chi connectivity index (χ0n) is 8.97. The van der Waals surface area contributed by atoms with Crippen molar-refractivity contribution in [2.75, 3.05) is 13.7 Å². The highest BCUT2D eigenvalue weighted by atomic mass is 16.3. The fourth-order valence-corrected chi connectivity index (χ4v) is 1.91. The van der Waals surface area contributed by atoms with Crippen LogP contribution in [-0.2, 0) is 4.79 Å². The van der Waals surface area contributed by atoms with Crippen molar-refractivity contribution in [3.05, 3.63) is 0 Å².